The van der Waals surface area contributed by atoms with Crippen molar-refractivity contribution in [1.29, 1.82) is 0 Å². The van der Waals surface area contributed by atoms with E-state index in [1.54, 1.807) is 12.1 Å². The van der Waals surface area contributed by atoms with E-state index in [4.69, 9.17) is 10.2 Å². The molecule has 1 saturated carbocycles. The fourth-order valence-electron chi connectivity index (χ4n) is 2.65. The van der Waals surface area contributed by atoms with E-state index in [-0.39, 0.29) is 11.5 Å². The van der Waals surface area contributed by atoms with E-state index in [9.17, 15) is 19.5 Å². The van der Waals surface area contributed by atoms with Crippen LogP contribution in [0.1, 0.15) is 28.8 Å². The zero-order valence-corrected chi connectivity index (χ0v) is 11.2. The number of carboxylic acids is 3. The average Bonchev–Trinajstić information content (AvgIpc) is 3.19. The maximum absolute atomic E-state index is 11.3. The molecule has 3 unspecified atom stereocenters. The molecule has 0 radical (unpaired) electrons. The van der Waals surface area contributed by atoms with Gasteiger partial charge in [-0.3, -0.25) is 9.59 Å². The lowest BCUT2D eigenvalue weighted by molar-refractivity contribution is -0.143. The highest BCUT2D eigenvalue weighted by Crippen LogP contribution is 2.46. The van der Waals surface area contributed by atoms with Crippen LogP contribution < -0.4 is 0 Å². The summed E-state index contributed by atoms with van der Waals surface area (Å²) in [5, 5.41) is 27.0. The van der Waals surface area contributed by atoms with E-state index in [1.165, 1.54) is 12.1 Å². The van der Waals surface area contributed by atoms with Crippen LogP contribution in [0.15, 0.2) is 24.3 Å². The van der Waals surface area contributed by atoms with Crippen LogP contribution >= 0.6 is 0 Å². The summed E-state index contributed by atoms with van der Waals surface area (Å²) in [4.78, 5) is 33.0. The van der Waals surface area contributed by atoms with Gasteiger partial charge >= 0.3 is 17.9 Å². The number of carbonyl (C=O) groups is 3. The average molecular weight is 292 g/mol. The molecule has 0 amide bonds. The van der Waals surface area contributed by atoms with E-state index in [0.29, 0.717) is 19.3 Å². The van der Waals surface area contributed by atoms with Crippen LogP contribution in [0.4, 0.5) is 0 Å². The molecule has 0 spiro atoms. The van der Waals surface area contributed by atoms with Crippen molar-refractivity contribution >= 4 is 17.9 Å². The van der Waals surface area contributed by atoms with Crippen LogP contribution in [-0.2, 0) is 16.0 Å². The lowest BCUT2D eigenvalue weighted by Crippen LogP contribution is -2.19. The number of aryl methyl sites for hydroxylation is 1. The van der Waals surface area contributed by atoms with E-state index in [1.807, 2.05) is 0 Å². The molecule has 6 nitrogen and oxygen atoms in total. The minimum atomic E-state index is -1.03. The Balaban J connectivity index is 2.00. The molecule has 0 saturated heterocycles. The van der Waals surface area contributed by atoms with Gasteiger partial charge in [0.2, 0.25) is 0 Å². The topological polar surface area (TPSA) is 112 Å². The second-order valence-corrected chi connectivity index (χ2v) is 5.33. The number of hydrogen-bond donors (Lipinski definition) is 3. The molecule has 1 aliphatic rings. The van der Waals surface area contributed by atoms with Gasteiger partial charge < -0.3 is 15.3 Å². The van der Waals surface area contributed by atoms with Crippen molar-refractivity contribution in [3.05, 3.63) is 35.4 Å². The molecule has 1 aromatic rings. The normalized spacial score (nSPS) is 21.5. The number of rotatable bonds is 7. The van der Waals surface area contributed by atoms with Crippen molar-refractivity contribution in [2.75, 3.05) is 0 Å². The Morgan fingerprint density at radius 1 is 1.19 bits per heavy atom. The van der Waals surface area contributed by atoms with Crippen molar-refractivity contribution in [3.8, 4) is 0 Å². The summed E-state index contributed by atoms with van der Waals surface area (Å²) in [6, 6.07) is 6.35. The Hall–Kier alpha value is -2.37. The number of carboxylic acid groups (broad SMARTS) is 3. The van der Waals surface area contributed by atoms with Crippen molar-refractivity contribution in [2.45, 2.75) is 19.3 Å². The van der Waals surface area contributed by atoms with Crippen molar-refractivity contribution < 1.29 is 29.7 Å². The fourth-order valence-corrected chi connectivity index (χ4v) is 2.65. The highest BCUT2D eigenvalue weighted by Gasteiger charge is 2.50. The third-order valence-corrected chi connectivity index (χ3v) is 3.91. The molecule has 1 fully saturated rings. The summed E-state index contributed by atoms with van der Waals surface area (Å²) in [7, 11) is 0. The van der Waals surface area contributed by atoms with Crippen LogP contribution in [0.2, 0.25) is 0 Å². The fraction of sp³-hybridized carbons (Fsp3) is 0.400. The smallest absolute Gasteiger partial charge is 0.335 e. The van der Waals surface area contributed by atoms with E-state index in [0.717, 1.165) is 5.56 Å². The monoisotopic (exact) mass is 292 g/mol. The molecular formula is C15H16O6. The standard InChI is InChI=1S/C15H16O6/c16-13(17)9-3-1-2-8(6-9)4-5-10(14(18)19)11-7-12(11)15(20)21/h1-3,6,10-12H,4-5,7H2,(H,16,17)(H,18,19)(H,20,21). The van der Waals surface area contributed by atoms with Gasteiger partial charge in [-0.1, -0.05) is 12.1 Å². The number of aromatic carboxylic acids is 1. The molecule has 21 heavy (non-hydrogen) atoms. The van der Waals surface area contributed by atoms with Crippen LogP contribution in [0, 0.1) is 17.8 Å². The first-order chi connectivity index (χ1) is 9.90. The lowest BCUT2D eigenvalue weighted by Gasteiger charge is -2.11. The Morgan fingerprint density at radius 2 is 1.90 bits per heavy atom. The summed E-state index contributed by atoms with van der Waals surface area (Å²) in [6.07, 6.45) is 1.13. The maximum Gasteiger partial charge on any atom is 0.335 e. The zero-order chi connectivity index (χ0) is 15.6. The molecule has 3 atom stereocenters. The highest BCUT2D eigenvalue weighted by molar-refractivity contribution is 5.87. The Morgan fingerprint density at radius 3 is 2.43 bits per heavy atom. The first-order valence-electron chi connectivity index (χ1n) is 6.68. The lowest BCUT2D eigenvalue weighted by atomic mass is 9.93. The van der Waals surface area contributed by atoms with Crippen LogP contribution in [0.3, 0.4) is 0 Å². The Bertz CT molecular complexity index is 579. The second-order valence-electron chi connectivity index (χ2n) is 5.33. The van der Waals surface area contributed by atoms with Gasteiger partial charge in [0.25, 0.3) is 0 Å². The summed E-state index contributed by atoms with van der Waals surface area (Å²) < 4.78 is 0. The quantitative estimate of drug-likeness (QED) is 0.705. The SMILES string of the molecule is O=C(O)c1cccc(CCC(C(=O)O)C2CC2C(=O)O)c1. The Labute approximate surface area is 121 Å². The predicted molar refractivity (Wildman–Crippen MR) is 72.1 cm³/mol. The highest BCUT2D eigenvalue weighted by atomic mass is 16.4. The van der Waals surface area contributed by atoms with Gasteiger partial charge in [-0.15, -0.1) is 0 Å². The largest absolute Gasteiger partial charge is 0.481 e. The molecule has 0 aliphatic heterocycles. The van der Waals surface area contributed by atoms with Crippen LogP contribution in [0.5, 0.6) is 0 Å². The van der Waals surface area contributed by atoms with Gasteiger partial charge in [0.05, 0.1) is 17.4 Å². The van der Waals surface area contributed by atoms with Crippen molar-refractivity contribution in [1.82, 2.24) is 0 Å². The van der Waals surface area contributed by atoms with E-state index < -0.39 is 29.7 Å². The van der Waals surface area contributed by atoms with Gasteiger partial charge in [0, 0.05) is 0 Å². The van der Waals surface area contributed by atoms with Crippen LogP contribution in [0.25, 0.3) is 0 Å². The Kier molecular flexibility index (Phi) is 4.26. The van der Waals surface area contributed by atoms with Gasteiger partial charge in [0.15, 0.2) is 0 Å². The van der Waals surface area contributed by atoms with E-state index >= 15 is 0 Å². The molecule has 0 aromatic heterocycles. The van der Waals surface area contributed by atoms with Gasteiger partial charge in [-0.2, -0.15) is 0 Å². The molecule has 6 heteroatoms. The van der Waals surface area contributed by atoms with Crippen molar-refractivity contribution in [3.63, 3.8) is 0 Å². The summed E-state index contributed by atoms with van der Waals surface area (Å²) in [6.45, 7) is 0. The molecule has 2 rings (SSSR count). The summed E-state index contributed by atoms with van der Waals surface area (Å²) >= 11 is 0. The third kappa shape index (κ3) is 3.59. The second kappa shape index (κ2) is 5.95. The van der Waals surface area contributed by atoms with Gasteiger partial charge in [0.1, 0.15) is 0 Å². The van der Waals surface area contributed by atoms with E-state index in [2.05, 4.69) is 0 Å². The minimum Gasteiger partial charge on any atom is -0.481 e. The van der Waals surface area contributed by atoms with Crippen LogP contribution in [-0.4, -0.2) is 33.2 Å². The van der Waals surface area contributed by atoms with Gasteiger partial charge in [-0.25, -0.2) is 4.79 Å². The molecule has 0 heterocycles. The number of aliphatic carboxylic acids is 2. The first-order valence-corrected chi connectivity index (χ1v) is 6.68. The number of hydrogen-bond acceptors (Lipinski definition) is 3. The molecule has 1 aromatic carbocycles. The van der Waals surface area contributed by atoms with Gasteiger partial charge in [-0.05, 0) is 42.9 Å². The first kappa shape index (κ1) is 15.0. The number of benzene rings is 1. The molecular weight excluding hydrogens is 276 g/mol. The zero-order valence-electron chi connectivity index (χ0n) is 11.2. The predicted octanol–water partition coefficient (Wildman–Crippen LogP) is 1.74. The minimum absolute atomic E-state index is 0.161. The molecule has 0 bridgehead atoms. The molecule has 1 aliphatic carbocycles. The third-order valence-electron chi connectivity index (χ3n) is 3.91. The molecule has 3 N–H and O–H groups in total. The molecule has 112 valence electrons. The maximum atomic E-state index is 11.3. The summed E-state index contributed by atoms with van der Waals surface area (Å²) in [5.74, 6) is -4.53. The van der Waals surface area contributed by atoms with Crippen molar-refractivity contribution in [2.24, 2.45) is 17.8 Å². The summed E-state index contributed by atoms with van der Waals surface area (Å²) in [5.41, 5.74) is 0.905.